The molecule has 2 aliphatic rings. The summed E-state index contributed by atoms with van der Waals surface area (Å²) in [5, 5.41) is 7.77. The molecule has 0 atom stereocenters. The predicted octanol–water partition coefficient (Wildman–Crippen LogP) is 16.0. The van der Waals surface area contributed by atoms with Crippen LogP contribution in [0, 0.1) is 0 Å². The Morgan fingerprint density at radius 2 is 1.02 bits per heavy atom. The van der Waals surface area contributed by atoms with Crippen LogP contribution in [-0.2, 0) is 16.2 Å². The number of rotatable bonds is 5. The highest BCUT2D eigenvalue weighted by Gasteiger charge is 2.42. The average Bonchev–Trinajstić information content (AvgIpc) is 3.48. The van der Waals surface area contributed by atoms with Crippen molar-refractivity contribution >= 4 is 49.4 Å². The number of nitrogens with zero attached hydrogens (tertiary/aromatic N) is 1. The van der Waals surface area contributed by atoms with E-state index in [1.165, 1.54) is 106 Å². The van der Waals surface area contributed by atoms with Gasteiger partial charge in [0.2, 0.25) is 0 Å². The van der Waals surface area contributed by atoms with E-state index in [-0.39, 0.29) is 16.2 Å². The minimum Gasteiger partial charge on any atom is -0.310 e. The lowest BCUT2D eigenvalue weighted by molar-refractivity contribution is 0.333. The van der Waals surface area contributed by atoms with Gasteiger partial charge >= 0.3 is 0 Å². The van der Waals surface area contributed by atoms with Gasteiger partial charge in [0.25, 0.3) is 0 Å². The minimum atomic E-state index is -0.189. The molecule has 0 saturated heterocycles. The van der Waals surface area contributed by atoms with E-state index in [4.69, 9.17) is 0 Å². The van der Waals surface area contributed by atoms with Crippen molar-refractivity contribution < 1.29 is 0 Å². The first-order valence-electron chi connectivity index (χ1n) is 21.1. The monoisotopic (exact) mass is 747 g/mol. The molecular weight excluding hydrogens is 699 g/mol. The Morgan fingerprint density at radius 1 is 0.414 bits per heavy atom. The van der Waals surface area contributed by atoms with E-state index in [9.17, 15) is 0 Å². The summed E-state index contributed by atoms with van der Waals surface area (Å²) in [6.07, 6.45) is 2.35. The molecule has 0 fully saturated rings. The zero-order valence-electron chi connectivity index (χ0n) is 34.4. The predicted molar refractivity (Wildman–Crippen MR) is 249 cm³/mol. The van der Waals surface area contributed by atoms with E-state index in [2.05, 4.69) is 210 Å². The van der Waals surface area contributed by atoms with Gasteiger partial charge in [0.05, 0.1) is 5.69 Å². The summed E-state index contributed by atoms with van der Waals surface area (Å²) in [6.45, 7) is 14.7. The number of hydrogen-bond acceptors (Lipinski definition) is 1. The second-order valence-corrected chi connectivity index (χ2v) is 18.8. The molecule has 0 N–H and O–H groups in total. The van der Waals surface area contributed by atoms with Gasteiger partial charge in [0, 0.05) is 22.2 Å². The van der Waals surface area contributed by atoms with E-state index >= 15 is 0 Å². The third kappa shape index (κ3) is 5.08. The maximum Gasteiger partial charge on any atom is 0.0540 e. The second kappa shape index (κ2) is 12.4. The van der Waals surface area contributed by atoms with Crippen molar-refractivity contribution in [2.75, 3.05) is 4.90 Å². The maximum atomic E-state index is 2.55. The summed E-state index contributed by atoms with van der Waals surface area (Å²) in [5.41, 5.74) is 17.1. The summed E-state index contributed by atoms with van der Waals surface area (Å²) in [5.74, 6) is 0. The van der Waals surface area contributed by atoms with Gasteiger partial charge in [-0.1, -0.05) is 175 Å². The van der Waals surface area contributed by atoms with E-state index in [0.717, 1.165) is 12.1 Å². The van der Waals surface area contributed by atoms with Gasteiger partial charge in [-0.2, -0.15) is 0 Å². The third-order valence-corrected chi connectivity index (χ3v) is 14.0. The van der Waals surface area contributed by atoms with Gasteiger partial charge in [-0.25, -0.2) is 0 Å². The van der Waals surface area contributed by atoms with Crippen molar-refractivity contribution in [2.45, 2.75) is 70.6 Å². The van der Waals surface area contributed by atoms with Crippen LogP contribution in [0.4, 0.5) is 17.1 Å². The number of anilines is 3. The lowest BCUT2D eigenvalue weighted by atomic mass is 9.61. The van der Waals surface area contributed by atoms with Crippen LogP contribution in [0.25, 0.3) is 65.7 Å². The fourth-order valence-electron chi connectivity index (χ4n) is 10.9. The molecular formula is C57H49N. The number of hydrogen-bond donors (Lipinski definition) is 0. The zero-order valence-corrected chi connectivity index (χ0v) is 34.4. The maximum absolute atomic E-state index is 2.55. The highest BCUT2D eigenvalue weighted by molar-refractivity contribution is 6.25. The topological polar surface area (TPSA) is 3.24 Å². The van der Waals surface area contributed by atoms with Crippen LogP contribution in [0.2, 0.25) is 0 Å². The summed E-state index contributed by atoms with van der Waals surface area (Å²) in [4.78, 5) is 2.55. The van der Waals surface area contributed by atoms with Gasteiger partial charge in [-0.3, -0.25) is 0 Å². The third-order valence-electron chi connectivity index (χ3n) is 14.0. The molecule has 1 heteroatoms. The molecule has 9 aromatic carbocycles. The van der Waals surface area contributed by atoms with Gasteiger partial charge in [-0.15, -0.1) is 0 Å². The zero-order chi connectivity index (χ0) is 39.6. The molecule has 0 aromatic heterocycles. The van der Waals surface area contributed by atoms with Gasteiger partial charge in [0.15, 0.2) is 0 Å². The van der Waals surface area contributed by atoms with E-state index in [1.807, 2.05) is 0 Å². The van der Waals surface area contributed by atoms with Crippen LogP contribution < -0.4 is 4.90 Å². The van der Waals surface area contributed by atoms with Crippen molar-refractivity contribution in [1.29, 1.82) is 0 Å². The Balaban J connectivity index is 1.24. The Hall–Kier alpha value is -6.18. The summed E-state index contributed by atoms with van der Waals surface area (Å²) >= 11 is 0. The first-order chi connectivity index (χ1) is 28.0. The summed E-state index contributed by atoms with van der Waals surface area (Å²) in [7, 11) is 0. The molecule has 58 heavy (non-hydrogen) atoms. The molecule has 11 rings (SSSR count). The Kier molecular flexibility index (Phi) is 7.49. The molecule has 1 nitrogen and oxygen atoms in total. The quantitative estimate of drug-likeness (QED) is 0.159. The highest BCUT2D eigenvalue weighted by atomic mass is 15.1. The van der Waals surface area contributed by atoms with Crippen molar-refractivity contribution in [2.24, 2.45) is 0 Å². The second-order valence-electron chi connectivity index (χ2n) is 18.8. The van der Waals surface area contributed by atoms with E-state index in [0.29, 0.717) is 0 Å². The van der Waals surface area contributed by atoms with Gasteiger partial charge in [-0.05, 0) is 137 Å². The standard InChI is InChI=1S/C57H49N/c1-55(2)32-33-56(3,4)54-43(19-13-21-48(54)55)46-34-42(35-49-53(46)44-18-10-11-20-47(44)57(49,5)6)58(41-28-24-37(25-29-41)36-14-8-7-9-15-36)50-31-27-40-23-22-38-16-12-17-39-26-30-45(50)52(40)51(38)39/h7-31,34-35H,32-33H2,1-6H3. The van der Waals surface area contributed by atoms with Gasteiger partial charge < -0.3 is 4.90 Å². The number of fused-ring (bicyclic) bond motifs is 4. The van der Waals surface area contributed by atoms with E-state index < -0.39 is 0 Å². The molecule has 0 heterocycles. The largest absolute Gasteiger partial charge is 0.310 e. The van der Waals surface area contributed by atoms with Crippen molar-refractivity contribution in [1.82, 2.24) is 0 Å². The van der Waals surface area contributed by atoms with Crippen molar-refractivity contribution in [3.8, 4) is 33.4 Å². The SMILES string of the molecule is CC1(C)CCC(C)(C)c2c(-c3cc(N(c4ccc(-c5ccccc5)cc4)c4ccc5ccc6cccc7ccc4c5c67)cc4c3-c3ccccc3C4(C)C)cccc21. The average molecular weight is 748 g/mol. The van der Waals surface area contributed by atoms with Crippen molar-refractivity contribution in [3.05, 3.63) is 186 Å². The fourth-order valence-corrected chi connectivity index (χ4v) is 10.9. The highest BCUT2D eigenvalue weighted by Crippen LogP contribution is 2.57. The minimum absolute atomic E-state index is 0.0387. The molecule has 0 unspecified atom stereocenters. The van der Waals surface area contributed by atoms with Crippen molar-refractivity contribution in [3.63, 3.8) is 0 Å². The Bertz CT molecular complexity index is 3050. The number of benzene rings is 9. The van der Waals surface area contributed by atoms with Gasteiger partial charge in [0.1, 0.15) is 0 Å². The van der Waals surface area contributed by atoms with Crippen LogP contribution in [-0.4, -0.2) is 0 Å². The molecule has 0 aliphatic heterocycles. The molecule has 0 saturated carbocycles. The van der Waals surface area contributed by atoms with Crippen LogP contribution in [0.15, 0.2) is 164 Å². The molecule has 0 spiro atoms. The molecule has 0 amide bonds. The molecule has 0 bridgehead atoms. The first-order valence-corrected chi connectivity index (χ1v) is 21.1. The van der Waals surface area contributed by atoms with Crippen LogP contribution in [0.1, 0.15) is 76.6 Å². The van der Waals surface area contributed by atoms with Crippen LogP contribution in [0.5, 0.6) is 0 Å². The summed E-state index contributed by atoms with van der Waals surface area (Å²) in [6, 6.07) is 61.9. The first kappa shape index (κ1) is 35.0. The van der Waals surface area contributed by atoms with E-state index in [1.54, 1.807) is 0 Å². The molecule has 2 aliphatic carbocycles. The normalized spacial score (nSPS) is 16.0. The Morgan fingerprint density at radius 3 is 1.79 bits per heavy atom. The molecule has 9 aromatic rings. The fraction of sp³-hybridized carbons (Fsp3) is 0.193. The lowest BCUT2D eigenvalue weighted by Crippen LogP contribution is -2.34. The Labute approximate surface area is 343 Å². The smallest absolute Gasteiger partial charge is 0.0540 e. The molecule has 0 radical (unpaired) electrons. The summed E-state index contributed by atoms with van der Waals surface area (Å²) < 4.78 is 0. The lowest BCUT2D eigenvalue weighted by Gasteiger charge is -2.43. The van der Waals surface area contributed by atoms with Crippen LogP contribution in [0.3, 0.4) is 0 Å². The molecule has 282 valence electrons. The van der Waals surface area contributed by atoms with Crippen LogP contribution >= 0.6 is 0 Å².